The van der Waals surface area contributed by atoms with Crippen LogP contribution in [0.1, 0.15) is 19.3 Å². The molecule has 3 aliphatic rings. The van der Waals surface area contributed by atoms with Crippen LogP contribution in [0.15, 0.2) is 48.5 Å². The molecule has 1 aliphatic heterocycles. The monoisotopic (exact) mass is 367 g/mol. The molecule has 5 heteroatoms. The van der Waals surface area contributed by atoms with Crippen LogP contribution in [0.2, 0.25) is 5.02 Å². The molecule has 4 atom stereocenters. The first-order valence-electron chi connectivity index (χ1n) is 9.03. The first-order chi connectivity index (χ1) is 12.6. The normalized spacial score (nSPS) is 29.3. The first kappa shape index (κ1) is 15.9. The summed E-state index contributed by atoms with van der Waals surface area (Å²) in [6.45, 7) is 0. The highest BCUT2D eigenvalue weighted by Gasteiger charge is 2.61. The van der Waals surface area contributed by atoms with Gasteiger partial charge in [-0.2, -0.15) is 0 Å². The Kier molecular flexibility index (Phi) is 3.57. The number of amides is 2. The molecule has 2 aromatic carbocycles. The number of rotatable bonds is 3. The highest BCUT2D eigenvalue weighted by molar-refractivity contribution is 6.30. The molecule has 3 fully saturated rings. The van der Waals surface area contributed by atoms with Gasteiger partial charge in [-0.15, -0.1) is 0 Å². The number of hydrogen-bond acceptors (Lipinski definition) is 3. The van der Waals surface area contributed by atoms with E-state index in [9.17, 15) is 9.59 Å². The zero-order valence-corrected chi connectivity index (χ0v) is 14.9. The van der Waals surface area contributed by atoms with E-state index in [-0.39, 0.29) is 23.7 Å². The van der Waals surface area contributed by atoms with Gasteiger partial charge in [-0.3, -0.25) is 14.5 Å². The Labute approximate surface area is 156 Å². The van der Waals surface area contributed by atoms with Crippen LogP contribution in [0, 0.1) is 23.7 Å². The molecule has 0 unspecified atom stereocenters. The van der Waals surface area contributed by atoms with Crippen LogP contribution < -0.4 is 9.64 Å². The predicted octanol–water partition coefficient (Wildman–Crippen LogP) is 4.67. The highest BCUT2D eigenvalue weighted by atomic mass is 35.5. The Hall–Kier alpha value is -2.33. The second-order valence-electron chi connectivity index (χ2n) is 7.45. The lowest BCUT2D eigenvalue weighted by Crippen LogP contribution is -2.32. The van der Waals surface area contributed by atoms with Gasteiger partial charge in [0.1, 0.15) is 11.5 Å². The minimum atomic E-state index is -0.0914. The van der Waals surface area contributed by atoms with Crippen molar-refractivity contribution in [2.45, 2.75) is 19.3 Å². The van der Waals surface area contributed by atoms with E-state index in [1.165, 1.54) is 4.90 Å². The van der Waals surface area contributed by atoms with Crippen molar-refractivity contribution in [3.8, 4) is 11.5 Å². The third-order valence-electron chi connectivity index (χ3n) is 6.07. The van der Waals surface area contributed by atoms with Gasteiger partial charge in [0, 0.05) is 5.02 Å². The molecular formula is C21H18ClNO3. The summed E-state index contributed by atoms with van der Waals surface area (Å²) >= 11 is 5.88. The number of benzene rings is 2. The summed E-state index contributed by atoms with van der Waals surface area (Å²) in [7, 11) is 0. The van der Waals surface area contributed by atoms with Crippen LogP contribution >= 0.6 is 11.6 Å². The number of ether oxygens (including phenoxy) is 1. The SMILES string of the molecule is O=C1[C@@H]2[C@H]3CC[C@@H](C3)[C@@H]2C(=O)N1c1ccc(Oc2ccc(Cl)cc2)cc1. The molecule has 2 amide bonds. The molecule has 26 heavy (non-hydrogen) atoms. The number of anilines is 1. The van der Waals surface area contributed by atoms with Gasteiger partial charge in [0.2, 0.25) is 11.8 Å². The fourth-order valence-corrected chi connectivity index (χ4v) is 5.09. The Bertz CT molecular complexity index is 849. The number of nitrogens with zero attached hydrogens (tertiary/aromatic N) is 1. The predicted molar refractivity (Wildman–Crippen MR) is 98.3 cm³/mol. The van der Waals surface area contributed by atoms with E-state index in [0.29, 0.717) is 34.0 Å². The van der Waals surface area contributed by atoms with Crippen molar-refractivity contribution in [3.63, 3.8) is 0 Å². The standard InChI is InChI=1S/C21H18ClNO3/c22-14-3-7-16(8-4-14)26-17-9-5-15(6-10-17)23-20(24)18-12-1-2-13(11-12)19(18)21(23)25/h3-10,12-13,18-19H,1-2,11H2/t12-,13-,18-,19+/m0/s1. The first-order valence-corrected chi connectivity index (χ1v) is 9.41. The van der Waals surface area contributed by atoms with Crippen molar-refractivity contribution in [2.24, 2.45) is 23.7 Å². The van der Waals surface area contributed by atoms with E-state index in [1.807, 2.05) is 0 Å². The molecule has 2 saturated carbocycles. The Balaban J connectivity index is 1.37. The van der Waals surface area contributed by atoms with E-state index in [0.717, 1.165) is 19.3 Å². The molecule has 132 valence electrons. The van der Waals surface area contributed by atoms with Crippen LogP contribution in [0.25, 0.3) is 0 Å². The van der Waals surface area contributed by atoms with Crippen LogP contribution in [0.5, 0.6) is 11.5 Å². The lowest BCUT2D eigenvalue weighted by atomic mass is 9.81. The molecule has 2 aromatic rings. The molecule has 0 radical (unpaired) electrons. The van der Waals surface area contributed by atoms with Gasteiger partial charge < -0.3 is 4.74 Å². The molecule has 1 saturated heterocycles. The quantitative estimate of drug-likeness (QED) is 0.741. The second-order valence-corrected chi connectivity index (χ2v) is 7.88. The van der Waals surface area contributed by atoms with E-state index < -0.39 is 0 Å². The van der Waals surface area contributed by atoms with Gasteiger partial charge >= 0.3 is 0 Å². The molecular weight excluding hydrogens is 350 g/mol. The van der Waals surface area contributed by atoms with Crippen LogP contribution in [0.3, 0.4) is 0 Å². The summed E-state index contributed by atoms with van der Waals surface area (Å²) in [4.78, 5) is 27.1. The average Bonchev–Trinajstić information content (AvgIpc) is 3.32. The van der Waals surface area contributed by atoms with Crippen LogP contribution in [-0.4, -0.2) is 11.8 Å². The van der Waals surface area contributed by atoms with Crippen molar-refractivity contribution >= 4 is 29.1 Å². The summed E-state index contributed by atoms with van der Waals surface area (Å²) in [5, 5.41) is 0.651. The summed E-state index contributed by atoms with van der Waals surface area (Å²) in [5.74, 6) is 1.92. The van der Waals surface area contributed by atoms with Gasteiger partial charge in [0.15, 0.2) is 0 Å². The Morgan fingerprint density at radius 2 is 1.31 bits per heavy atom. The van der Waals surface area contributed by atoms with E-state index in [2.05, 4.69) is 0 Å². The van der Waals surface area contributed by atoms with Gasteiger partial charge in [-0.05, 0) is 79.6 Å². The largest absolute Gasteiger partial charge is 0.457 e. The third kappa shape index (κ3) is 2.36. The molecule has 0 spiro atoms. The number of imide groups is 1. The van der Waals surface area contributed by atoms with E-state index >= 15 is 0 Å². The third-order valence-corrected chi connectivity index (χ3v) is 6.32. The molecule has 2 aliphatic carbocycles. The molecule has 4 nitrogen and oxygen atoms in total. The Morgan fingerprint density at radius 3 is 1.85 bits per heavy atom. The van der Waals surface area contributed by atoms with Crippen molar-refractivity contribution < 1.29 is 14.3 Å². The number of fused-ring (bicyclic) bond motifs is 5. The minimum Gasteiger partial charge on any atom is -0.457 e. The van der Waals surface area contributed by atoms with Gasteiger partial charge in [-0.1, -0.05) is 11.6 Å². The van der Waals surface area contributed by atoms with Crippen molar-refractivity contribution in [3.05, 3.63) is 53.6 Å². The van der Waals surface area contributed by atoms with E-state index in [4.69, 9.17) is 16.3 Å². The topological polar surface area (TPSA) is 46.6 Å². The number of carbonyl (C=O) groups excluding carboxylic acids is 2. The fourth-order valence-electron chi connectivity index (χ4n) is 4.97. The highest BCUT2D eigenvalue weighted by Crippen LogP contribution is 2.56. The maximum atomic E-state index is 12.9. The summed E-state index contributed by atoms with van der Waals surface area (Å²) in [6, 6.07) is 14.2. The summed E-state index contributed by atoms with van der Waals surface area (Å²) in [6.07, 6.45) is 3.23. The summed E-state index contributed by atoms with van der Waals surface area (Å²) in [5.41, 5.74) is 0.636. The zero-order chi connectivity index (χ0) is 17.8. The fraction of sp³-hybridized carbons (Fsp3) is 0.333. The van der Waals surface area contributed by atoms with Crippen molar-refractivity contribution in [1.82, 2.24) is 0 Å². The van der Waals surface area contributed by atoms with E-state index in [1.54, 1.807) is 48.5 Å². The van der Waals surface area contributed by atoms with Crippen molar-refractivity contribution in [1.29, 1.82) is 0 Å². The maximum Gasteiger partial charge on any atom is 0.237 e. The second kappa shape index (κ2) is 5.85. The lowest BCUT2D eigenvalue weighted by molar-refractivity contribution is -0.123. The van der Waals surface area contributed by atoms with Crippen LogP contribution in [-0.2, 0) is 9.59 Å². The molecule has 0 N–H and O–H groups in total. The van der Waals surface area contributed by atoms with Gasteiger partial charge in [0.25, 0.3) is 0 Å². The Morgan fingerprint density at radius 1 is 0.808 bits per heavy atom. The smallest absolute Gasteiger partial charge is 0.237 e. The number of hydrogen-bond donors (Lipinski definition) is 0. The van der Waals surface area contributed by atoms with Gasteiger partial charge in [0.05, 0.1) is 17.5 Å². The molecule has 0 aromatic heterocycles. The molecule has 1 heterocycles. The summed E-state index contributed by atoms with van der Waals surface area (Å²) < 4.78 is 5.78. The zero-order valence-electron chi connectivity index (χ0n) is 14.1. The maximum absolute atomic E-state index is 12.9. The lowest BCUT2D eigenvalue weighted by Gasteiger charge is -2.19. The van der Waals surface area contributed by atoms with Crippen molar-refractivity contribution in [2.75, 3.05) is 4.90 Å². The number of carbonyl (C=O) groups is 2. The minimum absolute atomic E-state index is 0.0152. The molecule has 2 bridgehead atoms. The number of halogens is 1. The average molecular weight is 368 g/mol. The van der Waals surface area contributed by atoms with Crippen LogP contribution in [0.4, 0.5) is 5.69 Å². The van der Waals surface area contributed by atoms with Gasteiger partial charge in [-0.25, -0.2) is 0 Å². The molecule has 5 rings (SSSR count).